The molecular weight excluding hydrogens is 194 g/mol. The molecule has 0 heterocycles. The van der Waals surface area contributed by atoms with E-state index < -0.39 is 11.5 Å². The van der Waals surface area contributed by atoms with Crippen LogP contribution in [0.15, 0.2) is 0 Å². The average molecular weight is 211 g/mol. The third kappa shape index (κ3) is 6.52. The van der Waals surface area contributed by atoms with E-state index in [1.54, 1.807) is 6.92 Å². The van der Waals surface area contributed by atoms with Crippen molar-refractivity contribution in [1.82, 2.24) is 5.32 Å². The van der Waals surface area contributed by atoms with Crippen molar-refractivity contribution >= 4 is 11.8 Å². The van der Waals surface area contributed by atoms with Crippen LogP contribution in [-0.2, 0) is 4.79 Å². The van der Waals surface area contributed by atoms with Crippen LogP contribution in [0, 0.1) is 17.3 Å². The van der Waals surface area contributed by atoms with E-state index in [0.717, 1.165) is 0 Å². The monoisotopic (exact) mass is 211 g/mol. The molecule has 5 nitrogen and oxygen atoms in total. The molecule has 84 valence electrons. The molecule has 0 saturated carbocycles. The summed E-state index contributed by atoms with van der Waals surface area (Å²) in [6.07, 6.45) is 0.706. The quantitative estimate of drug-likeness (QED) is 0.230. The number of hydrogen-bond donors (Lipinski definition) is 4. The molecule has 0 aromatic carbocycles. The first kappa shape index (κ1) is 13.5. The Morgan fingerprint density at radius 2 is 2.20 bits per heavy atom. The molecular formula is C10H17N3O2. The number of carboxylic acid groups (broad SMARTS) is 1. The number of nitrogens with one attached hydrogen (secondary N) is 2. The van der Waals surface area contributed by atoms with Gasteiger partial charge in [0.15, 0.2) is 0 Å². The second-order valence-electron chi connectivity index (χ2n) is 3.55. The molecule has 0 aliphatic carbocycles. The summed E-state index contributed by atoms with van der Waals surface area (Å²) < 4.78 is 0. The number of carbonyl (C=O) groups is 1. The molecule has 0 unspecified atom stereocenters. The standard InChI is InChI=1S/C10H17N3O2/c1-8(11)13-7-5-3-4-6-10(2,12)9(14)15/h5-7,12H2,1-2H3,(H2,11,13)(H,14,15)/t10-/m0/s1. The number of rotatable bonds is 4. The minimum atomic E-state index is -1.28. The largest absolute Gasteiger partial charge is 0.480 e. The third-order valence-corrected chi connectivity index (χ3v) is 1.71. The molecule has 0 rings (SSSR count). The summed E-state index contributed by atoms with van der Waals surface area (Å²) in [5.74, 6) is 4.86. The maximum atomic E-state index is 10.6. The van der Waals surface area contributed by atoms with Crippen molar-refractivity contribution in [1.29, 1.82) is 5.41 Å². The van der Waals surface area contributed by atoms with E-state index in [4.69, 9.17) is 16.2 Å². The Morgan fingerprint density at radius 3 is 2.67 bits per heavy atom. The van der Waals surface area contributed by atoms with Crippen LogP contribution in [0.3, 0.4) is 0 Å². The molecule has 0 fully saturated rings. The molecule has 5 heteroatoms. The fraction of sp³-hybridized carbons (Fsp3) is 0.600. The van der Waals surface area contributed by atoms with E-state index in [2.05, 4.69) is 17.2 Å². The summed E-state index contributed by atoms with van der Waals surface area (Å²) in [4.78, 5) is 10.6. The summed E-state index contributed by atoms with van der Waals surface area (Å²) >= 11 is 0. The molecule has 5 N–H and O–H groups in total. The minimum absolute atomic E-state index is 0.131. The molecule has 0 saturated heterocycles. The smallest absolute Gasteiger partial charge is 0.324 e. The van der Waals surface area contributed by atoms with Crippen molar-refractivity contribution in [2.24, 2.45) is 5.73 Å². The van der Waals surface area contributed by atoms with Gasteiger partial charge in [0.05, 0.1) is 5.84 Å². The van der Waals surface area contributed by atoms with E-state index in [-0.39, 0.29) is 6.42 Å². The summed E-state index contributed by atoms with van der Waals surface area (Å²) in [6.45, 7) is 3.68. The Hall–Kier alpha value is -1.54. The van der Waals surface area contributed by atoms with E-state index in [1.165, 1.54) is 6.92 Å². The third-order valence-electron chi connectivity index (χ3n) is 1.71. The highest BCUT2D eigenvalue weighted by molar-refractivity contribution is 5.78. The van der Waals surface area contributed by atoms with Crippen LogP contribution in [-0.4, -0.2) is 29.0 Å². The Labute approximate surface area is 89.6 Å². The van der Waals surface area contributed by atoms with Crippen LogP contribution < -0.4 is 11.1 Å². The fourth-order valence-electron chi connectivity index (χ4n) is 0.723. The van der Waals surface area contributed by atoms with E-state index in [1.807, 2.05) is 0 Å². The molecule has 0 aromatic rings. The van der Waals surface area contributed by atoms with Gasteiger partial charge in [-0.1, -0.05) is 0 Å². The lowest BCUT2D eigenvalue weighted by molar-refractivity contribution is -0.142. The molecule has 0 aromatic heterocycles. The predicted molar refractivity (Wildman–Crippen MR) is 58.6 cm³/mol. The molecule has 0 aliphatic heterocycles. The number of nitrogens with two attached hydrogens (primary N) is 1. The summed E-state index contributed by atoms with van der Waals surface area (Å²) in [5.41, 5.74) is 4.19. The van der Waals surface area contributed by atoms with Crippen LogP contribution in [0.25, 0.3) is 0 Å². The van der Waals surface area contributed by atoms with Gasteiger partial charge in [-0.3, -0.25) is 10.2 Å². The molecule has 0 amide bonds. The Morgan fingerprint density at radius 1 is 1.60 bits per heavy atom. The van der Waals surface area contributed by atoms with Gasteiger partial charge in [0, 0.05) is 19.4 Å². The van der Waals surface area contributed by atoms with Crippen LogP contribution in [0.1, 0.15) is 26.7 Å². The Kier molecular flexibility index (Phi) is 5.42. The zero-order valence-electron chi connectivity index (χ0n) is 9.05. The van der Waals surface area contributed by atoms with Gasteiger partial charge in [-0.05, 0) is 13.8 Å². The number of hydrogen-bond acceptors (Lipinski definition) is 3. The maximum Gasteiger partial charge on any atom is 0.324 e. The van der Waals surface area contributed by atoms with Crippen LogP contribution in [0.5, 0.6) is 0 Å². The van der Waals surface area contributed by atoms with Crippen LogP contribution >= 0.6 is 0 Å². The van der Waals surface area contributed by atoms with E-state index in [0.29, 0.717) is 18.8 Å². The molecule has 1 atom stereocenters. The predicted octanol–water partition coefficient (Wildman–Crippen LogP) is 0.159. The average Bonchev–Trinajstić information content (AvgIpc) is 2.10. The van der Waals surface area contributed by atoms with Gasteiger partial charge in [0.25, 0.3) is 0 Å². The molecule has 15 heavy (non-hydrogen) atoms. The van der Waals surface area contributed by atoms with Crippen molar-refractivity contribution in [2.45, 2.75) is 32.2 Å². The van der Waals surface area contributed by atoms with Gasteiger partial charge in [0.2, 0.25) is 0 Å². The van der Waals surface area contributed by atoms with Crippen LogP contribution in [0.4, 0.5) is 0 Å². The molecule has 0 bridgehead atoms. The highest BCUT2D eigenvalue weighted by Gasteiger charge is 2.26. The zero-order valence-corrected chi connectivity index (χ0v) is 9.05. The van der Waals surface area contributed by atoms with Gasteiger partial charge in [-0.2, -0.15) is 0 Å². The second-order valence-corrected chi connectivity index (χ2v) is 3.55. The van der Waals surface area contributed by atoms with Gasteiger partial charge >= 0.3 is 5.97 Å². The van der Waals surface area contributed by atoms with Gasteiger partial charge in [-0.25, -0.2) is 0 Å². The molecule has 0 aliphatic rings. The minimum Gasteiger partial charge on any atom is -0.480 e. The molecule has 0 spiro atoms. The Balaban J connectivity index is 3.81. The summed E-state index contributed by atoms with van der Waals surface area (Å²) in [7, 11) is 0. The SMILES string of the molecule is CC(=N)NCCC#CC[C@](C)(N)C(=O)O. The van der Waals surface area contributed by atoms with Gasteiger partial charge in [-0.15, -0.1) is 11.8 Å². The van der Waals surface area contributed by atoms with Crippen molar-refractivity contribution in [3.8, 4) is 11.8 Å². The zero-order chi connectivity index (χ0) is 11.9. The fourth-order valence-corrected chi connectivity index (χ4v) is 0.723. The number of aliphatic carboxylic acids is 1. The lowest BCUT2D eigenvalue weighted by Gasteiger charge is -2.14. The van der Waals surface area contributed by atoms with Crippen molar-refractivity contribution in [2.75, 3.05) is 6.54 Å². The molecule has 0 radical (unpaired) electrons. The highest BCUT2D eigenvalue weighted by atomic mass is 16.4. The van der Waals surface area contributed by atoms with Gasteiger partial charge in [0.1, 0.15) is 5.54 Å². The Bertz CT molecular complexity index is 300. The highest BCUT2D eigenvalue weighted by Crippen LogP contribution is 2.03. The van der Waals surface area contributed by atoms with E-state index >= 15 is 0 Å². The van der Waals surface area contributed by atoms with Crippen molar-refractivity contribution in [3.63, 3.8) is 0 Å². The summed E-state index contributed by atoms with van der Waals surface area (Å²) in [6, 6.07) is 0. The first-order valence-corrected chi connectivity index (χ1v) is 4.63. The maximum absolute atomic E-state index is 10.6. The van der Waals surface area contributed by atoms with Crippen molar-refractivity contribution < 1.29 is 9.90 Å². The lowest BCUT2D eigenvalue weighted by atomic mass is 10.0. The number of amidine groups is 1. The topological polar surface area (TPSA) is 99.2 Å². The van der Waals surface area contributed by atoms with E-state index in [9.17, 15) is 4.79 Å². The van der Waals surface area contributed by atoms with Gasteiger partial charge < -0.3 is 16.2 Å². The number of carboxylic acids is 1. The van der Waals surface area contributed by atoms with Crippen molar-refractivity contribution in [3.05, 3.63) is 0 Å². The summed E-state index contributed by atoms with van der Waals surface area (Å²) in [5, 5.41) is 18.6. The first-order valence-electron chi connectivity index (χ1n) is 4.63. The normalized spacial score (nSPS) is 13.3. The second kappa shape index (κ2) is 6.04. The first-order chi connectivity index (χ1) is 6.86. The van der Waals surface area contributed by atoms with Crippen LogP contribution in [0.2, 0.25) is 0 Å². The lowest BCUT2D eigenvalue weighted by Crippen LogP contribution is -2.44.